The highest BCUT2D eigenvalue weighted by Gasteiger charge is 2.13. The Kier molecular flexibility index (Phi) is 6.22. The van der Waals surface area contributed by atoms with Crippen LogP contribution in [0.2, 0.25) is 0 Å². The molecular formula is C16H18N2O4S. The number of hydrogen-bond donors (Lipinski definition) is 1. The second kappa shape index (κ2) is 8.38. The van der Waals surface area contributed by atoms with Gasteiger partial charge in [0.15, 0.2) is 5.82 Å². The van der Waals surface area contributed by atoms with E-state index >= 15 is 0 Å². The predicted molar refractivity (Wildman–Crippen MR) is 88.1 cm³/mol. The molecule has 0 saturated heterocycles. The molecule has 2 aromatic rings. The van der Waals surface area contributed by atoms with Gasteiger partial charge in [0.05, 0.1) is 11.5 Å². The molecule has 0 saturated carbocycles. The van der Waals surface area contributed by atoms with E-state index < -0.39 is 0 Å². The fraction of sp³-hybridized carbons (Fsp3) is 0.312. The fourth-order valence-electron chi connectivity index (χ4n) is 1.85. The smallest absolute Gasteiger partial charge is 0.316 e. The zero-order chi connectivity index (χ0) is 16.7. The van der Waals surface area contributed by atoms with Crippen LogP contribution >= 0.6 is 11.8 Å². The third-order valence-electron chi connectivity index (χ3n) is 2.93. The lowest BCUT2D eigenvalue weighted by atomic mass is 10.1. The van der Waals surface area contributed by atoms with Crippen LogP contribution in [0, 0.1) is 6.92 Å². The van der Waals surface area contributed by atoms with Gasteiger partial charge in [0, 0.05) is 6.07 Å². The number of anilines is 1. The van der Waals surface area contributed by atoms with Crippen molar-refractivity contribution in [3.8, 4) is 0 Å². The van der Waals surface area contributed by atoms with Gasteiger partial charge < -0.3 is 14.6 Å². The average Bonchev–Trinajstić information content (AvgIpc) is 2.93. The molecule has 0 spiro atoms. The van der Waals surface area contributed by atoms with Crippen LogP contribution < -0.4 is 5.32 Å². The molecule has 122 valence electrons. The van der Waals surface area contributed by atoms with Crippen molar-refractivity contribution in [2.75, 3.05) is 16.8 Å². The Labute approximate surface area is 138 Å². The van der Waals surface area contributed by atoms with E-state index in [9.17, 15) is 9.59 Å². The SMILES string of the molecule is Cc1cc(NC(=O)CSCC(=O)O[C@@H](C)c2ccccc2)no1. The number of thioether (sulfide) groups is 1. The maximum atomic E-state index is 11.8. The van der Waals surface area contributed by atoms with E-state index in [0.717, 1.165) is 5.56 Å². The Balaban J connectivity index is 1.67. The highest BCUT2D eigenvalue weighted by atomic mass is 32.2. The molecular weight excluding hydrogens is 316 g/mol. The van der Waals surface area contributed by atoms with Gasteiger partial charge in [-0.3, -0.25) is 9.59 Å². The van der Waals surface area contributed by atoms with Crippen LogP contribution in [-0.2, 0) is 14.3 Å². The third-order valence-corrected chi connectivity index (χ3v) is 3.83. The van der Waals surface area contributed by atoms with Crippen LogP contribution in [0.1, 0.15) is 24.4 Å². The van der Waals surface area contributed by atoms with Crippen molar-refractivity contribution in [3.05, 3.63) is 47.7 Å². The molecule has 1 aromatic carbocycles. The normalized spacial score (nSPS) is 11.7. The van der Waals surface area contributed by atoms with E-state index in [1.165, 1.54) is 11.8 Å². The second-order valence-electron chi connectivity index (χ2n) is 4.91. The Bertz CT molecular complexity index is 657. The summed E-state index contributed by atoms with van der Waals surface area (Å²) in [6.07, 6.45) is -0.309. The largest absolute Gasteiger partial charge is 0.457 e. The van der Waals surface area contributed by atoms with Gasteiger partial charge in [-0.25, -0.2) is 0 Å². The van der Waals surface area contributed by atoms with Gasteiger partial charge in [0.25, 0.3) is 0 Å². The first-order chi connectivity index (χ1) is 11.0. The monoisotopic (exact) mass is 334 g/mol. The molecule has 1 amide bonds. The number of nitrogens with zero attached hydrogens (tertiary/aromatic N) is 1. The number of carbonyl (C=O) groups excluding carboxylic acids is 2. The maximum Gasteiger partial charge on any atom is 0.316 e. The lowest BCUT2D eigenvalue weighted by Gasteiger charge is -2.13. The summed E-state index contributed by atoms with van der Waals surface area (Å²) in [5, 5.41) is 6.25. The number of ether oxygens (including phenoxy) is 1. The highest BCUT2D eigenvalue weighted by Crippen LogP contribution is 2.17. The Hall–Kier alpha value is -2.28. The van der Waals surface area contributed by atoms with Crippen LogP contribution in [0.25, 0.3) is 0 Å². The molecule has 0 aliphatic rings. The lowest BCUT2D eigenvalue weighted by molar-refractivity contribution is -0.145. The lowest BCUT2D eigenvalue weighted by Crippen LogP contribution is -2.17. The predicted octanol–water partition coefficient (Wildman–Crippen LogP) is 2.96. The molecule has 1 N–H and O–H groups in total. The first-order valence-electron chi connectivity index (χ1n) is 7.10. The molecule has 6 nitrogen and oxygen atoms in total. The number of aromatic nitrogens is 1. The molecule has 2 rings (SSSR count). The van der Waals surface area contributed by atoms with Gasteiger partial charge >= 0.3 is 5.97 Å². The van der Waals surface area contributed by atoms with E-state index in [4.69, 9.17) is 9.26 Å². The summed E-state index contributed by atoms with van der Waals surface area (Å²) in [5.41, 5.74) is 0.935. The Morgan fingerprint density at radius 3 is 2.70 bits per heavy atom. The Morgan fingerprint density at radius 2 is 2.04 bits per heavy atom. The van der Waals surface area contributed by atoms with E-state index in [1.54, 1.807) is 13.0 Å². The van der Waals surface area contributed by atoms with Gasteiger partial charge in [-0.05, 0) is 19.4 Å². The zero-order valence-corrected chi connectivity index (χ0v) is 13.8. The quantitative estimate of drug-likeness (QED) is 0.784. The number of carbonyl (C=O) groups is 2. The summed E-state index contributed by atoms with van der Waals surface area (Å²) < 4.78 is 10.2. The van der Waals surface area contributed by atoms with Crippen LogP contribution in [0.4, 0.5) is 5.82 Å². The molecule has 1 atom stereocenters. The van der Waals surface area contributed by atoms with E-state index in [1.807, 2.05) is 37.3 Å². The van der Waals surface area contributed by atoms with Crippen LogP contribution in [0.3, 0.4) is 0 Å². The number of amides is 1. The molecule has 0 aliphatic heterocycles. The minimum absolute atomic E-state index is 0.114. The van der Waals surface area contributed by atoms with Crippen molar-refractivity contribution in [2.24, 2.45) is 0 Å². The number of aryl methyl sites for hydroxylation is 1. The molecule has 0 fully saturated rings. The minimum atomic E-state index is -0.351. The molecule has 0 aliphatic carbocycles. The van der Waals surface area contributed by atoms with Crippen molar-refractivity contribution in [1.29, 1.82) is 0 Å². The van der Waals surface area contributed by atoms with Crippen molar-refractivity contribution >= 4 is 29.5 Å². The van der Waals surface area contributed by atoms with Gasteiger partial charge in [0.1, 0.15) is 11.9 Å². The number of esters is 1. The first-order valence-corrected chi connectivity index (χ1v) is 8.25. The fourth-order valence-corrected chi connectivity index (χ4v) is 2.45. The topological polar surface area (TPSA) is 81.4 Å². The van der Waals surface area contributed by atoms with Gasteiger partial charge in [-0.2, -0.15) is 0 Å². The van der Waals surface area contributed by atoms with E-state index in [0.29, 0.717) is 11.6 Å². The summed E-state index contributed by atoms with van der Waals surface area (Å²) in [6.45, 7) is 3.55. The second-order valence-corrected chi connectivity index (χ2v) is 5.89. The molecule has 0 unspecified atom stereocenters. The average molecular weight is 334 g/mol. The third kappa shape index (κ3) is 5.78. The van der Waals surface area contributed by atoms with Gasteiger partial charge in [0.2, 0.25) is 5.91 Å². The van der Waals surface area contributed by atoms with Crippen molar-refractivity contribution in [2.45, 2.75) is 20.0 Å². The van der Waals surface area contributed by atoms with Gasteiger partial charge in [-0.15, -0.1) is 11.8 Å². The number of hydrogen-bond acceptors (Lipinski definition) is 6. The maximum absolute atomic E-state index is 11.8. The van der Waals surface area contributed by atoms with Crippen LogP contribution in [0.15, 0.2) is 40.9 Å². The van der Waals surface area contributed by atoms with E-state index in [2.05, 4.69) is 10.5 Å². The number of benzene rings is 1. The van der Waals surface area contributed by atoms with Gasteiger partial charge in [-0.1, -0.05) is 35.5 Å². The summed E-state index contributed by atoms with van der Waals surface area (Å²) in [7, 11) is 0. The minimum Gasteiger partial charge on any atom is -0.457 e. The summed E-state index contributed by atoms with van der Waals surface area (Å²) in [5.74, 6) is 0.645. The van der Waals surface area contributed by atoms with Crippen LogP contribution in [-0.4, -0.2) is 28.5 Å². The van der Waals surface area contributed by atoms with Crippen molar-refractivity contribution < 1.29 is 18.8 Å². The van der Waals surface area contributed by atoms with Crippen molar-refractivity contribution in [3.63, 3.8) is 0 Å². The van der Waals surface area contributed by atoms with Crippen LogP contribution in [0.5, 0.6) is 0 Å². The molecule has 7 heteroatoms. The Morgan fingerprint density at radius 1 is 1.30 bits per heavy atom. The number of rotatable bonds is 7. The number of nitrogens with one attached hydrogen (secondary N) is 1. The summed E-state index contributed by atoms with van der Waals surface area (Å²) >= 11 is 1.19. The zero-order valence-electron chi connectivity index (χ0n) is 12.9. The standard InChI is InChI=1S/C16H18N2O4S/c1-11-8-14(18-22-11)17-15(19)9-23-10-16(20)21-12(2)13-6-4-3-5-7-13/h3-8,12H,9-10H2,1-2H3,(H,17,18,19)/t12-/m0/s1. The summed E-state index contributed by atoms with van der Waals surface area (Å²) in [6, 6.07) is 11.1. The molecule has 23 heavy (non-hydrogen) atoms. The molecule has 1 heterocycles. The molecule has 0 radical (unpaired) electrons. The highest BCUT2D eigenvalue weighted by molar-refractivity contribution is 8.00. The van der Waals surface area contributed by atoms with Crippen molar-refractivity contribution in [1.82, 2.24) is 5.16 Å². The van der Waals surface area contributed by atoms with E-state index in [-0.39, 0.29) is 29.5 Å². The molecule has 0 bridgehead atoms. The first kappa shape index (κ1) is 17.1. The summed E-state index contributed by atoms with van der Waals surface area (Å²) in [4.78, 5) is 23.4. The molecule has 1 aromatic heterocycles.